The van der Waals surface area contributed by atoms with Crippen LogP contribution in [0.3, 0.4) is 0 Å². The summed E-state index contributed by atoms with van der Waals surface area (Å²) in [6, 6.07) is 6.85. The number of para-hydroxylation sites is 1. The second-order valence-electron chi connectivity index (χ2n) is 3.85. The average molecular weight is 319 g/mol. The Labute approximate surface area is 111 Å². The highest BCUT2D eigenvalue weighted by Gasteiger charge is 2.38. The summed E-state index contributed by atoms with van der Waals surface area (Å²) < 4.78 is 40.1. The van der Waals surface area contributed by atoms with Gasteiger partial charge in [-0.15, -0.1) is 0 Å². The molecule has 0 saturated carbocycles. The fourth-order valence-electron chi connectivity index (χ4n) is 1.77. The Bertz CT molecular complexity index is 561. The minimum absolute atomic E-state index is 0.119. The van der Waals surface area contributed by atoms with Gasteiger partial charge in [-0.1, -0.05) is 34.1 Å². The highest BCUT2D eigenvalue weighted by atomic mass is 79.9. The summed E-state index contributed by atoms with van der Waals surface area (Å²) in [5.74, 6) is 0. The van der Waals surface area contributed by atoms with E-state index in [9.17, 15) is 13.2 Å². The summed E-state index contributed by atoms with van der Waals surface area (Å²) in [6.07, 6.45) is -3.19. The number of alkyl halides is 4. The molecule has 0 atom stereocenters. The van der Waals surface area contributed by atoms with Crippen LogP contribution >= 0.6 is 15.9 Å². The van der Waals surface area contributed by atoms with Gasteiger partial charge in [0.1, 0.15) is 0 Å². The summed E-state index contributed by atoms with van der Waals surface area (Å²) >= 11 is 3.05. The SMILES string of the molecule is Cc1ccccc1-n1ncc(CBr)c1C(F)(F)F. The van der Waals surface area contributed by atoms with E-state index in [2.05, 4.69) is 21.0 Å². The Morgan fingerprint density at radius 3 is 2.50 bits per heavy atom. The molecule has 96 valence electrons. The topological polar surface area (TPSA) is 17.8 Å². The van der Waals surface area contributed by atoms with E-state index in [0.717, 1.165) is 10.2 Å². The van der Waals surface area contributed by atoms with Crippen LogP contribution < -0.4 is 0 Å². The Morgan fingerprint density at radius 2 is 1.94 bits per heavy atom. The molecule has 0 unspecified atom stereocenters. The highest BCUT2D eigenvalue weighted by Crippen LogP contribution is 2.34. The molecule has 0 fully saturated rings. The monoisotopic (exact) mass is 318 g/mol. The van der Waals surface area contributed by atoms with E-state index in [1.165, 1.54) is 6.20 Å². The van der Waals surface area contributed by atoms with Crippen LogP contribution in [0.5, 0.6) is 0 Å². The van der Waals surface area contributed by atoms with E-state index >= 15 is 0 Å². The smallest absolute Gasteiger partial charge is 0.228 e. The molecule has 6 heteroatoms. The van der Waals surface area contributed by atoms with E-state index in [1.54, 1.807) is 31.2 Å². The predicted octanol–water partition coefficient (Wildman–Crippen LogP) is 4.09. The molecule has 0 radical (unpaired) electrons. The van der Waals surface area contributed by atoms with Crippen LogP contribution in [0.25, 0.3) is 5.69 Å². The number of halogens is 4. The van der Waals surface area contributed by atoms with Crippen molar-refractivity contribution in [1.82, 2.24) is 9.78 Å². The molecule has 0 aliphatic heterocycles. The lowest BCUT2D eigenvalue weighted by atomic mass is 10.2. The lowest BCUT2D eigenvalue weighted by molar-refractivity contribution is -0.143. The summed E-state index contributed by atoms with van der Waals surface area (Å²) in [7, 11) is 0. The quantitative estimate of drug-likeness (QED) is 0.762. The van der Waals surface area contributed by atoms with Gasteiger partial charge in [-0.2, -0.15) is 18.3 Å². The summed E-state index contributed by atoms with van der Waals surface area (Å²) in [5, 5.41) is 3.97. The minimum atomic E-state index is -4.43. The number of aromatic nitrogens is 2. The fourth-order valence-corrected chi connectivity index (χ4v) is 2.18. The summed E-state index contributed by atoms with van der Waals surface area (Å²) in [5.41, 5.74) is 0.587. The molecule has 0 amide bonds. The second kappa shape index (κ2) is 4.76. The molecule has 0 aliphatic rings. The zero-order valence-electron chi connectivity index (χ0n) is 9.50. The van der Waals surface area contributed by atoms with Crippen LogP contribution in [0, 0.1) is 6.92 Å². The molecule has 1 aromatic heterocycles. The molecule has 0 aliphatic carbocycles. The van der Waals surface area contributed by atoms with Gasteiger partial charge in [0.15, 0.2) is 5.69 Å². The molecular weight excluding hydrogens is 309 g/mol. The maximum absolute atomic E-state index is 13.1. The molecule has 0 spiro atoms. The lowest BCUT2D eigenvalue weighted by Gasteiger charge is -2.13. The van der Waals surface area contributed by atoms with Gasteiger partial charge in [0.05, 0.1) is 11.9 Å². The number of nitrogens with zero attached hydrogens (tertiary/aromatic N) is 2. The van der Waals surface area contributed by atoms with Crippen molar-refractivity contribution in [2.45, 2.75) is 18.4 Å². The predicted molar refractivity (Wildman–Crippen MR) is 65.9 cm³/mol. The van der Waals surface area contributed by atoms with Crippen LogP contribution in [-0.4, -0.2) is 9.78 Å². The second-order valence-corrected chi connectivity index (χ2v) is 4.41. The first-order valence-electron chi connectivity index (χ1n) is 5.21. The van der Waals surface area contributed by atoms with Gasteiger partial charge in [0.25, 0.3) is 0 Å². The van der Waals surface area contributed by atoms with E-state index in [1.807, 2.05) is 0 Å². The van der Waals surface area contributed by atoms with Gasteiger partial charge in [0, 0.05) is 10.9 Å². The van der Waals surface area contributed by atoms with Gasteiger partial charge in [0.2, 0.25) is 0 Å². The normalized spacial score (nSPS) is 11.8. The highest BCUT2D eigenvalue weighted by molar-refractivity contribution is 9.08. The molecular formula is C12H10BrF3N2. The summed E-state index contributed by atoms with van der Waals surface area (Å²) in [6.45, 7) is 1.75. The van der Waals surface area contributed by atoms with Crippen molar-refractivity contribution in [2.24, 2.45) is 0 Å². The molecule has 0 saturated heterocycles. The van der Waals surface area contributed by atoms with Crippen molar-refractivity contribution in [3.8, 4) is 5.69 Å². The van der Waals surface area contributed by atoms with Gasteiger partial charge in [-0.3, -0.25) is 0 Å². The number of hydrogen-bond acceptors (Lipinski definition) is 1. The van der Waals surface area contributed by atoms with Crippen LogP contribution in [0.1, 0.15) is 16.8 Å². The molecule has 2 nitrogen and oxygen atoms in total. The zero-order chi connectivity index (χ0) is 13.3. The van der Waals surface area contributed by atoms with Crippen LogP contribution in [0.2, 0.25) is 0 Å². The molecule has 1 heterocycles. The Balaban J connectivity index is 2.66. The molecule has 0 N–H and O–H groups in total. The average Bonchev–Trinajstić information content (AvgIpc) is 2.73. The van der Waals surface area contributed by atoms with Crippen molar-refractivity contribution in [2.75, 3.05) is 0 Å². The molecule has 18 heavy (non-hydrogen) atoms. The third kappa shape index (κ3) is 2.29. The van der Waals surface area contributed by atoms with Crippen LogP contribution in [0.4, 0.5) is 13.2 Å². The third-order valence-electron chi connectivity index (χ3n) is 2.60. The van der Waals surface area contributed by atoms with Crippen molar-refractivity contribution >= 4 is 15.9 Å². The Morgan fingerprint density at radius 1 is 1.28 bits per heavy atom. The van der Waals surface area contributed by atoms with Crippen molar-refractivity contribution < 1.29 is 13.2 Å². The Kier molecular flexibility index (Phi) is 3.47. The van der Waals surface area contributed by atoms with E-state index in [4.69, 9.17) is 0 Å². The van der Waals surface area contributed by atoms with Gasteiger partial charge in [-0.05, 0) is 18.6 Å². The van der Waals surface area contributed by atoms with Crippen LogP contribution in [0.15, 0.2) is 30.5 Å². The minimum Gasteiger partial charge on any atom is -0.228 e. The van der Waals surface area contributed by atoms with E-state index in [0.29, 0.717) is 5.69 Å². The maximum Gasteiger partial charge on any atom is 0.433 e. The largest absolute Gasteiger partial charge is 0.433 e. The van der Waals surface area contributed by atoms with E-state index in [-0.39, 0.29) is 10.9 Å². The standard InChI is InChI=1S/C12H10BrF3N2/c1-8-4-2-3-5-10(8)18-11(12(14,15)16)9(6-13)7-17-18/h2-5,7H,6H2,1H3. The summed E-state index contributed by atoms with van der Waals surface area (Å²) in [4.78, 5) is 0. The van der Waals surface area contributed by atoms with Gasteiger partial charge < -0.3 is 0 Å². The third-order valence-corrected chi connectivity index (χ3v) is 3.21. The molecule has 2 aromatic rings. The maximum atomic E-state index is 13.1. The number of rotatable bonds is 2. The Hall–Kier alpha value is -1.30. The first-order valence-corrected chi connectivity index (χ1v) is 6.33. The van der Waals surface area contributed by atoms with Gasteiger partial charge >= 0.3 is 6.18 Å². The fraction of sp³-hybridized carbons (Fsp3) is 0.250. The zero-order valence-corrected chi connectivity index (χ0v) is 11.1. The lowest BCUT2D eigenvalue weighted by Crippen LogP contribution is -2.15. The molecule has 0 bridgehead atoms. The first-order chi connectivity index (χ1) is 8.45. The number of hydrogen-bond donors (Lipinski definition) is 0. The van der Waals surface area contributed by atoms with Crippen molar-refractivity contribution in [3.05, 3.63) is 47.3 Å². The van der Waals surface area contributed by atoms with Crippen molar-refractivity contribution in [3.63, 3.8) is 0 Å². The number of aryl methyl sites for hydroxylation is 1. The molecule has 1 aromatic carbocycles. The van der Waals surface area contributed by atoms with E-state index < -0.39 is 11.9 Å². The molecule has 2 rings (SSSR count). The first kappa shape index (κ1) is 13.1. The van der Waals surface area contributed by atoms with Crippen molar-refractivity contribution in [1.29, 1.82) is 0 Å². The van der Waals surface area contributed by atoms with Crippen LogP contribution in [-0.2, 0) is 11.5 Å². The van der Waals surface area contributed by atoms with Gasteiger partial charge in [-0.25, -0.2) is 4.68 Å². The number of benzene rings is 1.